The van der Waals surface area contributed by atoms with E-state index < -0.39 is 46.0 Å². The van der Waals surface area contributed by atoms with Gasteiger partial charge in [0.05, 0.1) is 10.2 Å². The van der Waals surface area contributed by atoms with Crippen molar-refractivity contribution in [2.24, 2.45) is 12.8 Å². The molecule has 0 saturated carbocycles. The molecule has 184 valence electrons. The number of nitrogens with two attached hydrogens (primary N) is 1. The van der Waals surface area contributed by atoms with E-state index >= 15 is 0 Å². The van der Waals surface area contributed by atoms with Crippen molar-refractivity contribution in [3.05, 3.63) is 49.5 Å². The van der Waals surface area contributed by atoms with Gasteiger partial charge in [-0.25, -0.2) is 13.8 Å². The van der Waals surface area contributed by atoms with E-state index in [2.05, 4.69) is 31.3 Å². The van der Waals surface area contributed by atoms with Gasteiger partial charge >= 0.3 is 6.18 Å². The molecule has 0 fully saturated rings. The maximum Gasteiger partial charge on any atom is 0.434 e. The fourth-order valence-electron chi connectivity index (χ4n) is 3.42. The van der Waals surface area contributed by atoms with Crippen LogP contribution >= 0.6 is 38.6 Å². The Balaban J connectivity index is 1.93. The Kier molecular flexibility index (Phi) is 6.44. The molecule has 4 aromatic rings. The number of nitrogens with zero attached hydrogens (tertiary/aromatic N) is 3. The van der Waals surface area contributed by atoms with Crippen LogP contribution in [0.25, 0.3) is 20.7 Å². The van der Waals surface area contributed by atoms with Crippen LogP contribution in [0.3, 0.4) is 0 Å². The first-order chi connectivity index (χ1) is 16.3. The van der Waals surface area contributed by atoms with E-state index in [0.29, 0.717) is 20.9 Å². The number of pyridine rings is 1. The topological polar surface area (TPSA) is 103 Å². The van der Waals surface area contributed by atoms with Gasteiger partial charge in [0, 0.05) is 27.8 Å². The first kappa shape index (κ1) is 25.2. The third kappa shape index (κ3) is 4.54. The zero-order valence-corrected chi connectivity index (χ0v) is 20.8. The molecule has 0 aliphatic heterocycles. The van der Waals surface area contributed by atoms with Gasteiger partial charge in [-0.1, -0.05) is 0 Å². The van der Waals surface area contributed by atoms with Gasteiger partial charge in [-0.2, -0.15) is 18.3 Å². The van der Waals surface area contributed by atoms with Crippen LogP contribution in [0.4, 0.5) is 27.6 Å². The summed E-state index contributed by atoms with van der Waals surface area (Å²) in [6.45, 7) is 1.81. The summed E-state index contributed by atoms with van der Waals surface area (Å²) in [6, 6.07) is 4.59. The fraction of sp³-hybridized carbons (Fsp3) is 0.200. The smallest absolute Gasteiger partial charge is 0.365 e. The number of nitrogens with one attached hydrogen (secondary N) is 1. The quantitative estimate of drug-likeness (QED) is 0.271. The number of rotatable bonds is 5. The van der Waals surface area contributed by atoms with Crippen LogP contribution in [-0.2, 0) is 13.2 Å². The van der Waals surface area contributed by atoms with Crippen molar-refractivity contribution >= 4 is 66.3 Å². The number of hydrogen-bond donors (Lipinski definition) is 2. The van der Waals surface area contributed by atoms with Crippen molar-refractivity contribution in [2.45, 2.75) is 19.5 Å². The predicted octanol–water partition coefficient (Wildman–Crippen LogP) is 6.14. The fourth-order valence-corrected chi connectivity index (χ4v) is 6.06. The largest absolute Gasteiger partial charge is 0.434 e. The minimum absolute atomic E-state index is 0.00372. The van der Waals surface area contributed by atoms with Gasteiger partial charge < -0.3 is 11.1 Å². The van der Waals surface area contributed by atoms with Crippen molar-refractivity contribution < 1.29 is 31.5 Å². The summed E-state index contributed by atoms with van der Waals surface area (Å²) in [5, 5.41) is 6.21. The standard InChI is InChI=1S/C20H13BrF5N5O2S2/c1-6-3-4-9(34-6)7-5-8(16(22)23)28-19-10(7)12(14(35-19)17(27)32)29-18(33)13-11(21)15(20(24,25)26)31(2)30-13/h3-5,16H,1-2H3,(H2,27,32)(H,29,33). The van der Waals surface area contributed by atoms with E-state index in [1.165, 1.54) is 11.3 Å². The summed E-state index contributed by atoms with van der Waals surface area (Å²) < 4.78 is 67.0. The number of fused-ring (bicyclic) bond motifs is 1. The summed E-state index contributed by atoms with van der Waals surface area (Å²) in [5.74, 6) is -2.05. The number of thiophene rings is 2. The van der Waals surface area contributed by atoms with Crippen LogP contribution in [0.15, 0.2) is 22.7 Å². The van der Waals surface area contributed by atoms with Crippen molar-refractivity contribution in [1.82, 2.24) is 14.8 Å². The number of alkyl halides is 5. The van der Waals surface area contributed by atoms with E-state index in [1.54, 1.807) is 12.1 Å². The first-order valence-corrected chi connectivity index (χ1v) is 12.0. The Morgan fingerprint density at radius 3 is 2.43 bits per heavy atom. The highest BCUT2D eigenvalue weighted by Gasteiger charge is 2.40. The van der Waals surface area contributed by atoms with Crippen LogP contribution in [0.5, 0.6) is 0 Å². The van der Waals surface area contributed by atoms with Gasteiger partial charge in [0.15, 0.2) is 11.4 Å². The van der Waals surface area contributed by atoms with Gasteiger partial charge in [-0.3, -0.25) is 14.3 Å². The summed E-state index contributed by atoms with van der Waals surface area (Å²) in [6.07, 6.45) is -7.71. The second-order valence-electron chi connectivity index (χ2n) is 7.24. The molecule has 35 heavy (non-hydrogen) atoms. The highest BCUT2D eigenvalue weighted by atomic mass is 79.9. The minimum Gasteiger partial charge on any atom is -0.365 e. The number of carbonyl (C=O) groups excluding carboxylic acids is 2. The molecule has 0 saturated heterocycles. The van der Waals surface area contributed by atoms with E-state index in [9.17, 15) is 31.5 Å². The normalized spacial score (nSPS) is 12.0. The Morgan fingerprint density at radius 2 is 1.91 bits per heavy atom. The molecule has 4 heterocycles. The third-order valence-corrected chi connectivity index (χ3v) is 7.73. The van der Waals surface area contributed by atoms with E-state index in [1.807, 2.05) is 6.92 Å². The molecule has 0 unspecified atom stereocenters. The second-order valence-corrected chi connectivity index (χ2v) is 10.3. The average Bonchev–Trinajstić information content (AvgIpc) is 3.42. The number of anilines is 1. The Hall–Kier alpha value is -2.91. The van der Waals surface area contributed by atoms with E-state index in [0.717, 1.165) is 18.0 Å². The molecule has 0 radical (unpaired) electrons. The number of hydrogen-bond acceptors (Lipinski definition) is 6. The van der Waals surface area contributed by atoms with Gasteiger partial charge in [0.25, 0.3) is 18.2 Å². The second kappa shape index (κ2) is 8.95. The summed E-state index contributed by atoms with van der Waals surface area (Å²) in [4.78, 5) is 30.3. The molecule has 0 aliphatic carbocycles. The lowest BCUT2D eigenvalue weighted by Crippen LogP contribution is -2.17. The Labute approximate surface area is 209 Å². The number of aromatic nitrogens is 3. The molecule has 4 aromatic heterocycles. The number of primary amides is 1. The van der Waals surface area contributed by atoms with Crippen LogP contribution in [0.2, 0.25) is 0 Å². The molecule has 0 aromatic carbocycles. The van der Waals surface area contributed by atoms with Crippen LogP contribution in [-0.4, -0.2) is 26.6 Å². The number of amides is 2. The molecule has 0 aliphatic rings. The SMILES string of the molecule is Cc1ccc(-c2cc(C(F)F)nc3sc(C(N)=O)c(NC(=O)c4nn(C)c(C(F)(F)F)c4Br)c23)s1. The van der Waals surface area contributed by atoms with Gasteiger partial charge in [-0.05, 0) is 41.1 Å². The number of carbonyl (C=O) groups is 2. The summed E-state index contributed by atoms with van der Waals surface area (Å²) in [5.41, 5.74) is 3.25. The monoisotopic (exact) mass is 593 g/mol. The molecule has 0 spiro atoms. The van der Waals surface area contributed by atoms with Crippen molar-refractivity contribution in [3.63, 3.8) is 0 Å². The molecule has 2 amide bonds. The highest BCUT2D eigenvalue weighted by molar-refractivity contribution is 9.10. The van der Waals surface area contributed by atoms with Gasteiger partial charge in [0.2, 0.25) is 0 Å². The minimum atomic E-state index is -4.80. The average molecular weight is 594 g/mol. The van der Waals surface area contributed by atoms with Gasteiger partial charge in [0.1, 0.15) is 15.4 Å². The summed E-state index contributed by atoms with van der Waals surface area (Å²) in [7, 11) is 1.02. The molecule has 4 rings (SSSR count). The zero-order valence-electron chi connectivity index (χ0n) is 17.6. The van der Waals surface area contributed by atoms with Crippen molar-refractivity contribution in [2.75, 3.05) is 5.32 Å². The lowest BCUT2D eigenvalue weighted by Gasteiger charge is -2.09. The number of aryl methyl sites for hydroxylation is 2. The van der Waals surface area contributed by atoms with E-state index in [4.69, 9.17) is 5.73 Å². The Morgan fingerprint density at radius 1 is 1.23 bits per heavy atom. The molecular formula is C20H13BrF5N5O2S2. The van der Waals surface area contributed by atoms with Crippen LogP contribution in [0, 0.1) is 6.92 Å². The summed E-state index contributed by atoms with van der Waals surface area (Å²) >= 11 is 4.74. The van der Waals surface area contributed by atoms with E-state index in [-0.39, 0.29) is 26.3 Å². The molecule has 15 heteroatoms. The predicted molar refractivity (Wildman–Crippen MR) is 125 cm³/mol. The lowest BCUT2D eigenvalue weighted by atomic mass is 10.1. The number of halogens is 6. The molecule has 0 atom stereocenters. The maximum absolute atomic E-state index is 13.6. The highest BCUT2D eigenvalue weighted by Crippen LogP contribution is 2.44. The van der Waals surface area contributed by atoms with Crippen LogP contribution in [0.1, 0.15) is 42.9 Å². The third-order valence-electron chi connectivity index (χ3n) is 4.85. The van der Waals surface area contributed by atoms with Crippen molar-refractivity contribution in [1.29, 1.82) is 0 Å². The molecule has 7 nitrogen and oxygen atoms in total. The molecule has 3 N–H and O–H groups in total. The molecular weight excluding hydrogens is 581 g/mol. The zero-order chi connectivity index (χ0) is 25.8. The first-order valence-electron chi connectivity index (χ1n) is 9.52. The van der Waals surface area contributed by atoms with Crippen molar-refractivity contribution in [3.8, 4) is 10.4 Å². The molecule has 0 bridgehead atoms. The van der Waals surface area contributed by atoms with Crippen LogP contribution < -0.4 is 11.1 Å². The lowest BCUT2D eigenvalue weighted by molar-refractivity contribution is -0.144. The van der Waals surface area contributed by atoms with Gasteiger partial charge in [-0.15, -0.1) is 22.7 Å². The Bertz CT molecular complexity index is 1490. The maximum atomic E-state index is 13.6.